The molecule has 5 atom stereocenters. The molecule has 3 N–H and O–H groups in total. The van der Waals surface area contributed by atoms with Crippen LogP contribution in [0, 0.1) is 23.2 Å². The summed E-state index contributed by atoms with van der Waals surface area (Å²) in [5.74, 6) is 1.25. The van der Waals surface area contributed by atoms with Crippen molar-refractivity contribution in [3.8, 4) is 11.1 Å². The van der Waals surface area contributed by atoms with Gasteiger partial charge in [0.05, 0.1) is 5.41 Å². The van der Waals surface area contributed by atoms with Crippen molar-refractivity contribution in [2.24, 2.45) is 28.9 Å². The number of amides is 2. The van der Waals surface area contributed by atoms with Crippen LogP contribution in [0.1, 0.15) is 51.5 Å². The number of primary amides is 1. The molecule has 5 heteroatoms. The molecule has 1 aromatic heterocycles. The Morgan fingerprint density at radius 2 is 1.71 bits per heavy atom. The number of benzene rings is 1. The summed E-state index contributed by atoms with van der Waals surface area (Å²) < 4.78 is 0. The first-order valence-electron chi connectivity index (χ1n) is 11.4. The Bertz CT molecular complexity index is 983. The van der Waals surface area contributed by atoms with E-state index in [1.807, 2.05) is 44.3 Å². The van der Waals surface area contributed by atoms with Crippen LogP contribution in [0.3, 0.4) is 0 Å². The molecule has 0 aliphatic heterocycles. The van der Waals surface area contributed by atoms with Gasteiger partial charge in [-0.05, 0) is 86.5 Å². The Kier molecular flexibility index (Phi) is 4.68. The smallest absolute Gasteiger partial charge is 0.230 e. The maximum Gasteiger partial charge on any atom is 0.230 e. The Labute approximate surface area is 183 Å². The van der Waals surface area contributed by atoms with Crippen LogP contribution in [-0.4, -0.2) is 22.8 Å². The van der Waals surface area contributed by atoms with Crippen LogP contribution >= 0.6 is 0 Å². The fourth-order valence-corrected chi connectivity index (χ4v) is 6.64. The lowest BCUT2D eigenvalue weighted by molar-refractivity contribution is -0.148. The zero-order chi connectivity index (χ0) is 21.8. The molecule has 4 aliphatic rings. The van der Waals surface area contributed by atoms with Crippen LogP contribution < -0.4 is 11.1 Å². The first kappa shape index (κ1) is 20.2. The lowest BCUT2D eigenvalue weighted by atomic mass is 9.47. The maximum absolute atomic E-state index is 13.4. The molecule has 3 unspecified atom stereocenters. The maximum atomic E-state index is 13.4. The van der Waals surface area contributed by atoms with E-state index < -0.39 is 5.41 Å². The highest BCUT2D eigenvalue weighted by Crippen LogP contribution is 2.60. The van der Waals surface area contributed by atoms with Crippen molar-refractivity contribution in [2.75, 3.05) is 0 Å². The van der Waals surface area contributed by atoms with Gasteiger partial charge in [-0.15, -0.1) is 0 Å². The third-order valence-electron chi connectivity index (χ3n) is 8.26. The summed E-state index contributed by atoms with van der Waals surface area (Å²) in [6, 6.07) is 12.3. The van der Waals surface area contributed by atoms with Gasteiger partial charge < -0.3 is 11.1 Å². The first-order valence-corrected chi connectivity index (χ1v) is 11.4. The molecule has 0 radical (unpaired) electrons. The number of aromatic nitrogens is 1. The van der Waals surface area contributed by atoms with Crippen LogP contribution in [0.25, 0.3) is 11.1 Å². The van der Waals surface area contributed by atoms with E-state index in [1.165, 1.54) is 0 Å². The van der Waals surface area contributed by atoms with Crippen LogP contribution in [0.15, 0.2) is 48.8 Å². The van der Waals surface area contributed by atoms with Gasteiger partial charge in [0, 0.05) is 23.9 Å². The SMILES string of the molecule is CC(C)(C(=O)NC1[C@@H]2CC3C[C@H]1CC(C(N)=O)(C3)C2)c1ccc(-c2cccnc2)cc1. The molecular formula is C26H31N3O2. The predicted octanol–water partition coefficient (Wildman–Crippen LogP) is 3.82. The number of nitrogens with one attached hydrogen (secondary N) is 1. The number of carbonyl (C=O) groups excluding carboxylic acids is 2. The summed E-state index contributed by atoms with van der Waals surface area (Å²) >= 11 is 0. The van der Waals surface area contributed by atoms with Gasteiger partial charge in [0.25, 0.3) is 0 Å². The number of nitrogens with zero attached hydrogens (tertiary/aromatic N) is 1. The van der Waals surface area contributed by atoms with Gasteiger partial charge in [-0.25, -0.2) is 0 Å². The van der Waals surface area contributed by atoms with Crippen LogP contribution in [0.5, 0.6) is 0 Å². The highest BCUT2D eigenvalue weighted by Gasteiger charge is 2.58. The van der Waals surface area contributed by atoms with Crippen molar-refractivity contribution < 1.29 is 9.59 Å². The van der Waals surface area contributed by atoms with Gasteiger partial charge in [-0.2, -0.15) is 0 Å². The van der Waals surface area contributed by atoms with Gasteiger partial charge >= 0.3 is 0 Å². The molecule has 162 valence electrons. The predicted molar refractivity (Wildman–Crippen MR) is 120 cm³/mol. The summed E-state index contributed by atoms with van der Waals surface area (Å²) in [5.41, 5.74) is 8.00. The zero-order valence-corrected chi connectivity index (χ0v) is 18.3. The van der Waals surface area contributed by atoms with Crippen molar-refractivity contribution in [1.82, 2.24) is 10.3 Å². The number of rotatable bonds is 5. The molecule has 2 amide bonds. The molecule has 1 aromatic carbocycles. The first-order chi connectivity index (χ1) is 14.8. The Balaban J connectivity index is 1.32. The number of carbonyl (C=O) groups is 2. The second-order valence-corrected chi connectivity index (χ2v) is 10.6. The third-order valence-corrected chi connectivity index (χ3v) is 8.26. The standard InChI is InChI=1S/C26H31N3O2/c1-25(2,21-7-5-17(6-8-21)18-4-3-9-28-15-18)24(31)29-22-19-10-16-11-20(22)14-26(12-16,13-19)23(27)30/h3-9,15-16,19-20,22H,10-14H2,1-2H3,(H2,27,30)(H,29,31)/t16?,19-,20+,22?,26?. The molecule has 1 heterocycles. The van der Waals surface area contributed by atoms with Crippen LogP contribution in [-0.2, 0) is 15.0 Å². The zero-order valence-electron chi connectivity index (χ0n) is 18.3. The minimum atomic E-state index is -0.635. The summed E-state index contributed by atoms with van der Waals surface area (Å²) in [6.07, 6.45) is 8.44. The Hall–Kier alpha value is -2.69. The fourth-order valence-electron chi connectivity index (χ4n) is 6.64. The van der Waals surface area contributed by atoms with Crippen molar-refractivity contribution >= 4 is 11.8 Å². The molecular weight excluding hydrogens is 386 g/mol. The van der Waals surface area contributed by atoms with Crippen LogP contribution in [0.4, 0.5) is 0 Å². The fraction of sp³-hybridized carbons (Fsp3) is 0.500. The number of hydrogen-bond donors (Lipinski definition) is 2. The highest BCUT2D eigenvalue weighted by molar-refractivity contribution is 5.88. The summed E-state index contributed by atoms with van der Waals surface area (Å²) in [5, 5.41) is 3.40. The quantitative estimate of drug-likeness (QED) is 0.775. The lowest BCUT2D eigenvalue weighted by Gasteiger charge is -2.59. The molecule has 2 aromatic rings. The van der Waals surface area contributed by atoms with Crippen LogP contribution in [0.2, 0.25) is 0 Å². The van der Waals surface area contributed by atoms with E-state index in [1.54, 1.807) is 6.20 Å². The van der Waals surface area contributed by atoms with E-state index in [0.29, 0.717) is 17.8 Å². The molecule has 4 bridgehead atoms. The second-order valence-electron chi connectivity index (χ2n) is 10.6. The molecule has 6 rings (SSSR count). The minimum absolute atomic E-state index is 0.0622. The third kappa shape index (κ3) is 3.35. The summed E-state index contributed by atoms with van der Waals surface area (Å²) in [7, 11) is 0. The van der Waals surface area contributed by atoms with Crippen molar-refractivity contribution in [3.63, 3.8) is 0 Å². The topological polar surface area (TPSA) is 85.1 Å². The van der Waals surface area contributed by atoms with E-state index in [2.05, 4.69) is 22.4 Å². The minimum Gasteiger partial charge on any atom is -0.369 e. The lowest BCUT2D eigenvalue weighted by Crippen LogP contribution is -2.63. The normalized spacial score (nSPS) is 31.4. The molecule has 4 fully saturated rings. The molecule has 31 heavy (non-hydrogen) atoms. The van der Waals surface area contributed by atoms with E-state index >= 15 is 0 Å². The largest absolute Gasteiger partial charge is 0.369 e. The van der Waals surface area contributed by atoms with Gasteiger partial charge in [-0.1, -0.05) is 30.3 Å². The Morgan fingerprint density at radius 1 is 1.03 bits per heavy atom. The Morgan fingerprint density at radius 3 is 2.29 bits per heavy atom. The van der Waals surface area contributed by atoms with Gasteiger partial charge in [0.2, 0.25) is 11.8 Å². The highest BCUT2D eigenvalue weighted by atomic mass is 16.2. The average Bonchev–Trinajstić information content (AvgIpc) is 2.76. The summed E-state index contributed by atoms with van der Waals surface area (Å²) in [6.45, 7) is 3.98. The number of hydrogen-bond acceptors (Lipinski definition) is 3. The molecule has 4 aliphatic carbocycles. The molecule has 5 nitrogen and oxygen atoms in total. The monoisotopic (exact) mass is 417 g/mol. The van der Waals surface area contributed by atoms with Gasteiger partial charge in [0.15, 0.2) is 0 Å². The van der Waals surface area contributed by atoms with Gasteiger partial charge in [-0.3, -0.25) is 14.6 Å². The second kappa shape index (κ2) is 7.18. The number of nitrogens with two attached hydrogens (primary N) is 1. The van der Waals surface area contributed by atoms with Crippen molar-refractivity contribution in [2.45, 2.75) is 57.4 Å². The van der Waals surface area contributed by atoms with E-state index in [0.717, 1.165) is 48.8 Å². The number of pyridine rings is 1. The summed E-state index contributed by atoms with van der Waals surface area (Å²) in [4.78, 5) is 29.8. The molecule has 4 saturated carbocycles. The molecule has 0 saturated heterocycles. The van der Waals surface area contributed by atoms with E-state index in [-0.39, 0.29) is 23.3 Å². The molecule has 0 spiro atoms. The van der Waals surface area contributed by atoms with Crippen molar-refractivity contribution in [3.05, 3.63) is 54.4 Å². The van der Waals surface area contributed by atoms with E-state index in [9.17, 15) is 9.59 Å². The van der Waals surface area contributed by atoms with E-state index in [4.69, 9.17) is 5.73 Å². The average molecular weight is 418 g/mol. The van der Waals surface area contributed by atoms with Gasteiger partial charge in [0.1, 0.15) is 0 Å². The van der Waals surface area contributed by atoms with Crippen molar-refractivity contribution in [1.29, 1.82) is 0 Å².